The quantitative estimate of drug-likeness (QED) is 0.591. The predicted molar refractivity (Wildman–Crippen MR) is 104 cm³/mol. The van der Waals surface area contributed by atoms with Gasteiger partial charge in [-0.25, -0.2) is 4.79 Å². The van der Waals surface area contributed by atoms with E-state index in [0.29, 0.717) is 18.6 Å². The number of hydrogen-bond donors (Lipinski definition) is 2. The minimum absolute atomic E-state index is 0.0813. The summed E-state index contributed by atoms with van der Waals surface area (Å²) in [5.41, 5.74) is -3.13. The fourth-order valence-corrected chi connectivity index (χ4v) is 4.17. The van der Waals surface area contributed by atoms with E-state index in [1.807, 2.05) is 12.1 Å². The second-order valence-corrected chi connectivity index (χ2v) is 8.15. The highest BCUT2D eigenvalue weighted by molar-refractivity contribution is 5.70. The Balaban J connectivity index is 1.60. The van der Waals surface area contributed by atoms with Gasteiger partial charge in [0.1, 0.15) is 12.3 Å². The molecule has 0 aliphatic carbocycles. The second-order valence-electron chi connectivity index (χ2n) is 8.15. The monoisotopic (exact) mass is 474 g/mol. The first-order chi connectivity index (χ1) is 15.4. The molecular weight excluding hydrogens is 454 g/mol. The maximum Gasteiger partial charge on any atom is 0.416 e. The summed E-state index contributed by atoms with van der Waals surface area (Å²) in [6.07, 6.45) is -12.2. The van der Waals surface area contributed by atoms with Crippen LogP contribution in [0.4, 0.5) is 31.1 Å². The highest BCUT2D eigenvalue weighted by Gasteiger charge is 2.52. The Hall–Kier alpha value is -2.79. The van der Waals surface area contributed by atoms with E-state index in [9.17, 15) is 31.1 Å². The van der Waals surface area contributed by atoms with Crippen LogP contribution in [0.15, 0.2) is 48.5 Å². The summed E-state index contributed by atoms with van der Waals surface area (Å²) in [6.45, 7) is 1.31. The second kappa shape index (κ2) is 8.21. The lowest BCUT2D eigenvalue weighted by molar-refractivity contribution is -0.143. The number of benzene rings is 2. The van der Waals surface area contributed by atoms with E-state index in [2.05, 4.69) is 10.6 Å². The van der Waals surface area contributed by atoms with Crippen LogP contribution in [0.5, 0.6) is 0 Å². The topological polar surface area (TPSA) is 59.6 Å². The molecule has 2 aliphatic rings. The fourth-order valence-electron chi connectivity index (χ4n) is 4.17. The first-order valence-corrected chi connectivity index (χ1v) is 10.1. The number of alkyl halides is 6. The average molecular weight is 474 g/mol. The molecular formula is C22H20F6N2O3. The van der Waals surface area contributed by atoms with Crippen molar-refractivity contribution >= 4 is 6.09 Å². The first-order valence-electron chi connectivity index (χ1n) is 10.1. The van der Waals surface area contributed by atoms with E-state index in [-0.39, 0.29) is 18.2 Å². The SMILES string of the molecule is C[C@@H](OC[C@@]1(c2ccccc2)CC2OC(=O)NC2N1)c1cc(C(F)(F)F)cc(C(F)(F)F)c1. The number of carbonyl (C=O) groups is 1. The van der Waals surface area contributed by atoms with Gasteiger partial charge in [0, 0.05) is 6.42 Å². The molecule has 2 heterocycles. The molecule has 5 nitrogen and oxygen atoms in total. The molecule has 1 amide bonds. The van der Waals surface area contributed by atoms with Gasteiger partial charge >= 0.3 is 18.4 Å². The van der Waals surface area contributed by atoms with E-state index in [0.717, 1.165) is 5.56 Å². The van der Waals surface area contributed by atoms with Crippen molar-refractivity contribution in [3.63, 3.8) is 0 Å². The summed E-state index contributed by atoms with van der Waals surface area (Å²) in [5, 5.41) is 5.88. The Morgan fingerprint density at radius 1 is 1.06 bits per heavy atom. The minimum Gasteiger partial charge on any atom is -0.442 e. The molecule has 2 N–H and O–H groups in total. The molecule has 2 unspecified atom stereocenters. The molecule has 2 saturated heterocycles. The molecule has 33 heavy (non-hydrogen) atoms. The van der Waals surface area contributed by atoms with Crippen molar-refractivity contribution < 1.29 is 40.6 Å². The third-order valence-corrected chi connectivity index (χ3v) is 5.87. The van der Waals surface area contributed by atoms with Crippen molar-refractivity contribution in [2.45, 2.75) is 49.6 Å². The lowest BCUT2D eigenvalue weighted by Gasteiger charge is -2.32. The highest BCUT2D eigenvalue weighted by atomic mass is 19.4. The summed E-state index contributed by atoms with van der Waals surface area (Å²) >= 11 is 0. The zero-order chi connectivity index (χ0) is 24.0. The number of alkyl carbamates (subject to hydrolysis) is 1. The van der Waals surface area contributed by atoms with Crippen molar-refractivity contribution in [1.29, 1.82) is 0 Å². The van der Waals surface area contributed by atoms with Gasteiger partial charge in [-0.15, -0.1) is 0 Å². The van der Waals surface area contributed by atoms with Gasteiger partial charge in [0.25, 0.3) is 0 Å². The molecule has 178 valence electrons. The van der Waals surface area contributed by atoms with Gasteiger partial charge in [0.2, 0.25) is 0 Å². The van der Waals surface area contributed by atoms with Gasteiger partial charge in [-0.05, 0) is 36.2 Å². The van der Waals surface area contributed by atoms with Crippen molar-refractivity contribution in [1.82, 2.24) is 10.6 Å². The molecule has 0 radical (unpaired) electrons. The molecule has 2 fully saturated rings. The van der Waals surface area contributed by atoms with Crippen LogP contribution in [-0.2, 0) is 27.4 Å². The first kappa shape index (κ1) is 23.4. The molecule has 4 rings (SSSR count). The fraction of sp³-hybridized carbons (Fsp3) is 0.409. The Kier molecular flexibility index (Phi) is 5.81. The lowest BCUT2D eigenvalue weighted by Crippen LogP contribution is -2.49. The summed E-state index contributed by atoms with van der Waals surface area (Å²) in [6, 6.07) is 10.4. The third-order valence-electron chi connectivity index (χ3n) is 5.87. The molecule has 11 heteroatoms. The van der Waals surface area contributed by atoms with Gasteiger partial charge in [-0.1, -0.05) is 30.3 Å². The average Bonchev–Trinajstić information content (AvgIpc) is 3.26. The number of halogens is 6. The van der Waals surface area contributed by atoms with Crippen molar-refractivity contribution in [3.8, 4) is 0 Å². The van der Waals surface area contributed by atoms with Gasteiger partial charge in [0.15, 0.2) is 0 Å². The van der Waals surface area contributed by atoms with Crippen LogP contribution < -0.4 is 10.6 Å². The van der Waals surface area contributed by atoms with Crippen LogP contribution in [-0.4, -0.2) is 25.0 Å². The third kappa shape index (κ3) is 4.79. The summed E-state index contributed by atoms with van der Waals surface area (Å²) in [4.78, 5) is 11.5. The number of fused-ring (bicyclic) bond motifs is 1. The molecule has 0 bridgehead atoms. The Morgan fingerprint density at radius 3 is 2.21 bits per heavy atom. The van der Waals surface area contributed by atoms with Crippen LogP contribution in [0.25, 0.3) is 0 Å². The number of carbonyl (C=O) groups excluding carboxylic acids is 1. The van der Waals surface area contributed by atoms with Crippen LogP contribution in [0.3, 0.4) is 0 Å². The van der Waals surface area contributed by atoms with Crippen LogP contribution in [0.2, 0.25) is 0 Å². The van der Waals surface area contributed by atoms with Crippen LogP contribution >= 0.6 is 0 Å². The maximum atomic E-state index is 13.2. The summed E-state index contributed by atoms with van der Waals surface area (Å²) in [5.74, 6) is 0. The number of hydrogen-bond acceptors (Lipinski definition) is 4. The molecule has 2 aromatic rings. The molecule has 0 spiro atoms. The zero-order valence-electron chi connectivity index (χ0n) is 17.3. The van der Waals surface area contributed by atoms with Crippen LogP contribution in [0.1, 0.15) is 41.7 Å². The Morgan fingerprint density at radius 2 is 1.67 bits per heavy atom. The van der Waals surface area contributed by atoms with Gasteiger partial charge in [-0.3, -0.25) is 5.32 Å². The van der Waals surface area contributed by atoms with Gasteiger partial charge < -0.3 is 14.8 Å². The summed E-state index contributed by atoms with van der Waals surface area (Å²) < 4.78 is 90.3. The molecule has 0 saturated carbocycles. The highest BCUT2D eigenvalue weighted by Crippen LogP contribution is 2.40. The number of amides is 1. The molecule has 2 aromatic carbocycles. The number of rotatable bonds is 5. The van der Waals surface area contributed by atoms with E-state index in [4.69, 9.17) is 9.47 Å². The van der Waals surface area contributed by atoms with Crippen molar-refractivity contribution in [2.24, 2.45) is 0 Å². The predicted octanol–water partition coefficient (Wildman–Crippen LogP) is 5.13. The van der Waals surface area contributed by atoms with Crippen LogP contribution in [0, 0.1) is 0 Å². The largest absolute Gasteiger partial charge is 0.442 e. The number of nitrogens with one attached hydrogen (secondary N) is 2. The Labute approximate surface area is 185 Å². The van der Waals surface area contributed by atoms with E-state index in [1.54, 1.807) is 18.2 Å². The maximum absolute atomic E-state index is 13.2. The normalized spacial score (nSPS) is 26.0. The zero-order valence-corrected chi connectivity index (χ0v) is 17.3. The molecule has 4 atom stereocenters. The number of ether oxygens (including phenoxy) is 2. The van der Waals surface area contributed by atoms with E-state index in [1.165, 1.54) is 6.92 Å². The van der Waals surface area contributed by atoms with Gasteiger partial charge in [0.05, 0.1) is 29.4 Å². The molecule has 2 aliphatic heterocycles. The van der Waals surface area contributed by atoms with E-state index >= 15 is 0 Å². The molecule has 0 aromatic heterocycles. The van der Waals surface area contributed by atoms with Gasteiger partial charge in [-0.2, -0.15) is 26.3 Å². The standard InChI is InChI=1S/C22H20F6N2O3/c1-12(13-7-15(21(23,24)25)9-16(8-13)22(26,27)28)32-11-20(14-5-3-2-4-6-14)10-17-18(30-20)29-19(31)33-17/h2-9,12,17-18,30H,10-11H2,1H3,(H,29,31)/t12-,17?,18?,20-/m1/s1. The minimum atomic E-state index is -4.94. The van der Waals surface area contributed by atoms with E-state index < -0.39 is 53.5 Å². The lowest BCUT2D eigenvalue weighted by atomic mass is 9.88. The Bertz CT molecular complexity index is 977. The van der Waals surface area contributed by atoms with Crippen molar-refractivity contribution in [2.75, 3.05) is 6.61 Å². The van der Waals surface area contributed by atoms with Crippen molar-refractivity contribution in [3.05, 3.63) is 70.8 Å². The summed E-state index contributed by atoms with van der Waals surface area (Å²) in [7, 11) is 0. The smallest absolute Gasteiger partial charge is 0.416 e.